The van der Waals surface area contributed by atoms with Crippen molar-refractivity contribution in [3.63, 3.8) is 0 Å². The van der Waals surface area contributed by atoms with Gasteiger partial charge in [-0.25, -0.2) is 0 Å². The summed E-state index contributed by atoms with van der Waals surface area (Å²) in [6.45, 7) is 0.723. The van der Waals surface area contributed by atoms with E-state index in [9.17, 15) is 5.11 Å². The number of para-hydroxylation sites is 1. The molecule has 2 aromatic rings. The molecule has 4 heteroatoms. The van der Waals surface area contributed by atoms with E-state index in [1.165, 1.54) is 0 Å². The van der Waals surface area contributed by atoms with E-state index in [2.05, 4.69) is 5.32 Å². The summed E-state index contributed by atoms with van der Waals surface area (Å²) in [5, 5.41) is 13.1. The Balaban J connectivity index is 1.74. The third kappa shape index (κ3) is 5.00. The van der Waals surface area contributed by atoms with Crippen LogP contribution in [0.4, 0.5) is 11.4 Å². The Kier molecular flexibility index (Phi) is 5.46. The summed E-state index contributed by atoms with van der Waals surface area (Å²) < 4.78 is 5.51. The molecule has 21 heavy (non-hydrogen) atoms. The highest BCUT2D eigenvalue weighted by atomic mass is 16.5. The molecule has 2 rings (SSSR count). The van der Waals surface area contributed by atoms with Crippen molar-refractivity contribution < 1.29 is 9.84 Å². The Morgan fingerprint density at radius 3 is 2.33 bits per heavy atom. The quantitative estimate of drug-likeness (QED) is 0.821. The Hall–Kier alpha value is -2.20. The molecule has 0 saturated carbocycles. The Morgan fingerprint density at radius 1 is 1.05 bits per heavy atom. The fraction of sp³-hybridized carbons (Fsp3) is 0.294. The Morgan fingerprint density at radius 2 is 1.71 bits per heavy atom. The molecule has 0 aliphatic rings. The van der Waals surface area contributed by atoms with Gasteiger partial charge in [-0.15, -0.1) is 0 Å². The van der Waals surface area contributed by atoms with E-state index in [0.29, 0.717) is 6.54 Å². The second-order valence-electron chi connectivity index (χ2n) is 5.10. The molecule has 1 unspecified atom stereocenters. The molecule has 0 radical (unpaired) electrons. The van der Waals surface area contributed by atoms with Crippen LogP contribution >= 0.6 is 0 Å². The largest absolute Gasteiger partial charge is 0.491 e. The van der Waals surface area contributed by atoms with Crippen LogP contribution in [0.1, 0.15) is 0 Å². The van der Waals surface area contributed by atoms with Gasteiger partial charge < -0.3 is 20.1 Å². The molecule has 112 valence electrons. The average molecular weight is 286 g/mol. The maximum absolute atomic E-state index is 9.92. The fourth-order valence-electron chi connectivity index (χ4n) is 1.88. The number of benzene rings is 2. The van der Waals surface area contributed by atoms with Crippen LogP contribution in [-0.4, -0.2) is 38.5 Å². The minimum absolute atomic E-state index is 0.271. The third-order valence-electron chi connectivity index (χ3n) is 3.11. The average Bonchev–Trinajstić information content (AvgIpc) is 2.52. The van der Waals surface area contributed by atoms with Crippen LogP contribution in [0.25, 0.3) is 0 Å². The molecular weight excluding hydrogens is 264 g/mol. The van der Waals surface area contributed by atoms with Gasteiger partial charge in [0.05, 0.1) is 0 Å². The van der Waals surface area contributed by atoms with E-state index in [4.69, 9.17) is 4.74 Å². The molecule has 0 fully saturated rings. The highest BCUT2D eigenvalue weighted by Gasteiger charge is 2.05. The van der Waals surface area contributed by atoms with Gasteiger partial charge in [0.1, 0.15) is 18.5 Å². The number of anilines is 2. The monoisotopic (exact) mass is 286 g/mol. The summed E-state index contributed by atoms with van der Waals surface area (Å²) in [5.74, 6) is 0.770. The van der Waals surface area contributed by atoms with Gasteiger partial charge >= 0.3 is 0 Å². The number of nitrogens with zero attached hydrogens (tertiary/aromatic N) is 1. The van der Waals surface area contributed by atoms with Crippen molar-refractivity contribution in [1.82, 2.24) is 0 Å². The maximum atomic E-state index is 9.92. The predicted octanol–water partition coefficient (Wildman–Crippen LogP) is 2.60. The lowest BCUT2D eigenvalue weighted by atomic mass is 10.2. The lowest BCUT2D eigenvalue weighted by Crippen LogP contribution is -2.26. The molecular formula is C17H22N2O2. The number of aliphatic hydroxyl groups excluding tert-OH is 1. The zero-order valence-corrected chi connectivity index (χ0v) is 12.5. The van der Waals surface area contributed by atoms with Crippen LogP contribution < -0.4 is 15.0 Å². The van der Waals surface area contributed by atoms with Crippen molar-refractivity contribution in [3.8, 4) is 5.75 Å². The molecule has 1 atom stereocenters. The standard InChI is InChI=1S/C17H22N2O2/c1-19(2)15-10-8-14(9-11-15)18-12-16(20)13-21-17-6-4-3-5-7-17/h3-11,16,18,20H,12-13H2,1-2H3. The summed E-state index contributed by atoms with van der Waals surface area (Å²) in [6.07, 6.45) is -0.557. The molecule has 0 aromatic heterocycles. The van der Waals surface area contributed by atoms with Crippen molar-refractivity contribution in [1.29, 1.82) is 0 Å². The molecule has 0 aliphatic heterocycles. The molecule has 0 amide bonds. The van der Waals surface area contributed by atoms with Gasteiger partial charge in [-0.1, -0.05) is 18.2 Å². The van der Waals surface area contributed by atoms with E-state index < -0.39 is 6.10 Å². The van der Waals surface area contributed by atoms with Crippen LogP contribution in [0.15, 0.2) is 54.6 Å². The molecule has 2 aromatic carbocycles. The van der Waals surface area contributed by atoms with E-state index >= 15 is 0 Å². The smallest absolute Gasteiger partial charge is 0.119 e. The summed E-state index contributed by atoms with van der Waals surface area (Å²) in [7, 11) is 4.01. The van der Waals surface area contributed by atoms with E-state index in [1.54, 1.807) is 0 Å². The Bertz CT molecular complexity index is 526. The lowest BCUT2D eigenvalue weighted by molar-refractivity contribution is 0.117. The minimum Gasteiger partial charge on any atom is -0.491 e. The maximum Gasteiger partial charge on any atom is 0.119 e. The van der Waals surface area contributed by atoms with E-state index in [0.717, 1.165) is 17.1 Å². The molecule has 0 bridgehead atoms. The first-order valence-electron chi connectivity index (χ1n) is 7.02. The van der Waals surface area contributed by atoms with Gasteiger partial charge in [-0.05, 0) is 36.4 Å². The summed E-state index contributed by atoms with van der Waals surface area (Å²) in [4.78, 5) is 2.05. The summed E-state index contributed by atoms with van der Waals surface area (Å²) in [6, 6.07) is 17.6. The molecule has 4 nitrogen and oxygen atoms in total. The van der Waals surface area contributed by atoms with Crippen LogP contribution in [0, 0.1) is 0 Å². The van der Waals surface area contributed by atoms with Crippen molar-refractivity contribution >= 4 is 11.4 Å². The van der Waals surface area contributed by atoms with Gasteiger partial charge in [0.25, 0.3) is 0 Å². The molecule has 0 aliphatic carbocycles. The van der Waals surface area contributed by atoms with Crippen molar-refractivity contribution in [2.75, 3.05) is 37.5 Å². The van der Waals surface area contributed by atoms with Gasteiger partial charge in [0.15, 0.2) is 0 Å². The van der Waals surface area contributed by atoms with Crippen molar-refractivity contribution in [2.45, 2.75) is 6.10 Å². The number of hydrogen-bond acceptors (Lipinski definition) is 4. The molecule has 0 saturated heterocycles. The first-order chi connectivity index (χ1) is 10.1. The first kappa shape index (κ1) is 15.2. The van der Waals surface area contributed by atoms with Gasteiger partial charge in [0.2, 0.25) is 0 Å². The van der Waals surface area contributed by atoms with Gasteiger partial charge in [-0.3, -0.25) is 0 Å². The SMILES string of the molecule is CN(C)c1ccc(NCC(O)COc2ccccc2)cc1. The topological polar surface area (TPSA) is 44.7 Å². The number of nitrogens with one attached hydrogen (secondary N) is 1. The van der Waals surface area contributed by atoms with Crippen LogP contribution in [0.5, 0.6) is 5.75 Å². The summed E-state index contributed by atoms with van der Waals surface area (Å²) in [5.41, 5.74) is 2.13. The van der Waals surface area contributed by atoms with Crippen LogP contribution in [0.3, 0.4) is 0 Å². The van der Waals surface area contributed by atoms with Gasteiger partial charge in [-0.2, -0.15) is 0 Å². The number of ether oxygens (including phenoxy) is 1. The fourth-order valence-corrected chi connectivity index (χ4v) is 1.88. The predicted molar refractivity (Wildman–Crippen MR) is 87.2 cm³/mol. The third-order valence-corrected chi connectivity index (χ3v) is 3.11. The summed E-state index contributed by atoms with van der Waals surface area (Å²) >= 11 is 0. The number of rotatable bonds is 7. The minimum atomic E-state index is -0.557. The lowest BCUT2D eigenvalue weighted by Gasteiger charge is -2.15. The van der Waals surface area contributed by atoms with Crippen molar-refractivity contribution in [2.24, 2.45) is 0 Å². The number of aliphatic hydroxyl groups is 1. The van der Waals surface area contributed by atoms with Crippen LogP contribution in [-0.2, 0) is 0 Å². The zero-order valence-electron chi connectivity index (χ0n) is 12.5. The highest BCUT2D eigenvalue weighted by molar-refractivity contribution is 5.54. The van der Waals surface area contributed by atoms with Crippen LogP contribution in [0.2, 0.25) is 0 Å². The number of hydrogen-bond donors (Lipinski definition) is 2. The molecule has 2 N–H and O–H groups in total. The zero-order chi connectivity index (χ0) is 15.1. The first-order valence-corrected chi connectivity index (χ1v) is 7.02. The molecule has 0 heterocycles. The Labute approximate surface area is 126 Å². The van der Waals surface area contributed by atoms with E-state index in [-0.39, 0.29) is 6.61 Å². The second-order valence-corrected chi connectivity index (χ2v) is 5.10. The van der Waals surface area contributed by atoms with Crippen molar-refractivity contribution in [3.05, 3.63) is 54.6 Å². The highest BCUT2D eigenvalue weighted by Crippen LogP contribution is 2.15. The van der Waals surface area contributed by atoms with E-state index in [1.807, 2.05) is 73.6 Å². The van der Waals surface area contributed by atoms with Gasteiger partial charge in [0, 0.05) is 32.0 Å². The second kappa shape index (κ2) is 7.55. The normalized spacial score (nSPS) is 11.8. The molecule has 0 spiro atoms.